The molecule has 5 heteroatoms. The van der Waals surface area contributed by atoms with Gasteiger partial charge in [0.15, 0.2) is 6.61 Å². The Hall–Kier alpha value is -3.08. The quantitative estimate of drug-likeness (QED) is 0.522. The number of hydrogen-bond acceptors (Lipinski definition) is 4. The van der Waals surface area contributed by atoms with Crippen molar-refractivity contribution in [3.63, 3.8) is 0 Å². The number of carbonyl (C=O) groups is 2. The molecule has 0 radical (unpaired) electrons. The summed E-state index contributed by atoms with van der Waals surface area (Å²) in [5.41, 5.74) is 2.17. The Morgan fingerprint density at radius 1 is 1.17 bits per heavy atom. The Morgan fingerprint density at radius 3 is 2.67 bits per heavy atom. The summed E-state index contributed by atoms with van der Waals surface area (Å²) in [6.45, 7) is 2.41. The molecule has 0 bridgehead atoms. The van der Waals surface area contributed by atoms with Gasteiger partial charge in [0, 0.05) is 12.1 Å². The first-order valence-corrected chi connectivity index (χ1v) is 7.70. The molecule has 1 amide bonds. The van der Waals surface area contributed by atoms with Crippen molar-refractivity contribution in [3.8, 4) is 11.5 Å². The van der Waals surface area contributed by atoms with Crippen LogP contribution in [0, 0.1) is 0 Å². The summed E-state index contributed by atoms with van der Waals surface area (Å²) < 4.78 is 10.6. The maximum Gasteiger partial charge on any atom is 0.344 e. The highest BCUT2D eigenvalue weighted by Gasteiger charge is 2.25. The number of amides is 1. The summed E-state index contributed by atoms with van der Waals surface area (Å²) in [4.78, 5) is 23.4. The number of para-hydroxylation sites is 1. The molecule has 1 heterocycles. The lowest BCUT2D eigenvalue weighted by atomic mass is 10.0. The van der Waals surface area contributed by atoms with Gasteiger partial charge >= 0.3 is 5.97 Å². The van der Waals surface area contributed by atoms with E-state index < -0.39 is 0 Å². The van der Waals surface area contributed by atoms with Crippen molar-refractivity contribution in [1.82, 2.24) is 5.32 Å². The van der Waals surface area contributed by atoms with Gasteiger partial charge < -0.3 is 14.8 Å². The van der Waals surface area contributed by atoms with E-state index in [2.05, 4.69) is 5.32 Å². The fourth-order valence-corrected chi connectivity index (χ4v) is 2.40. The SMILES string of the molecule is CCNC(=O)COc1ccc(C=C2C(=O)Oc3ccccc32)cc1. The summed E-state index contributed by atoms with van der Waals surface area (Å²) in [6.07, 6.45) is 1.78. The summed E-state index contributed by atoms with van der Waals surface area (Å²) in [5, 5.41) is 2.66. The topological polar surface area (TPSA) is 64.6 Å². The predicted octanol–water partition coefficient (Wildman–Crippen LogP) is 2.66. The first kappa shape index (κ1) is 15.8. The van der Waals surface area contributed by atoms with Crippen molar-refractivity contribution in [3.05, 3.63) is 59.7 Å². The molecule has 24 heavy (non-hydrogen) atoms. The van der Waals surface area contributed by atoms with Crippen molar-refractivity contribution in [1.29, 1.82) is 0 Å². The van der Waals surface area contributed by atoms with Crippen LogP contribution in [0.15, 0.2) is 48.5 Å². The summed E-state index contributed by atoms with van der Waals surface area (Å²) in [7, 11) is 0. The predicted molar refractivity (Wildman–Crippen MR) is 90.6 cm³/mol. The van der Waals surface area contributed by atoms with Gasteiger partial charge in [-0.15, -0.1) is 0 Å². The molecule has 2 aromatic rings. The molecule has 1 aliphatic rings. The van der Waals surface area contributed by atoms with Crippen LogP contribution in [-0.2, 0) is 9.59 Å². The Labute approximate surface area is 139 Å². The zero-order valence-electron chi connectivity index (χ0n) is 13.2. The van der Waals surface area contributed by atoms with E-state index in [1.807, 2.05) is 37.3 Å². The number of carbonyl (C=O) groups excluding carboxylic acids is 2. The van der Waals surface area contributed by atoms with Crippen LogP contribution >= 0.6 is 0 Å². The van der Waals surface area contributed by atoms with Crippen LogP contribution in [0.4, 0.5) is 0 Å². The smallest absolute Gasteiger partial charge is 0.344 e. The third-order valence-corrected chi connectivity index (χ3v) is 3.53. The lowest BCUT2D eigenvalue weighted by Gasteiger charge is -2.06. The molecule has 0 unspecified atom stereocenters. The van der Waals surface area contributed by atoms with Crippen molar-refractivity contribution < 1.29 is 19.1 Å². The summed E-state index contributed by atoms with van der Waals surface area (Å²) in [5.74, 6) is 0.662. The maximum absolute atomic E-state index is 12.0. The molecular weight excluding hydrogens is 306 g/mol. The van der Waals surface area contributed by atoms with Gasteiger partial charge in [0.2, 0.25) is 0 Å². The van der Waals surface area contributed by atoms with Crippen molar-refractivity contribution in [2.24, 2.45) is 0 Å². The molecule has 1 aliphatic heterocycles. The van der Waals surface area contributed by atoms with Gasteiger partial charge in [0.1, 0.15) is 11.5 Å². The fraction of sp³-hybridized carbons (Fsp3) is 0.158. The lowest BCUT2D eigenvalue weighted by Crippen LogP contribution is -2.28. The molecule has 1 N–H and O–H groups in total. The number of nitrogens with one attached hydrogen (secondary N) is 1. The van der Waals surface area contributed by atoms with Gasteiger partial charge in [-0.05, 0) is 36.8 Å². The van der Waals surface area contributed by atoms with E-state index >= 15 is 0 Å². The number of rotatable bonds is 5. The second-order valence-electron chi connectivity index (χ2n) is 5.25. The van der Waals surface area contributed by atoms with Gasteiger partial charge in [0.25, 0.3) is 5.91 Å². The standard InChI is InChI=1S/C19H17NO4/c1-2-20-18(21)12-23-14-9-7-13(8-10-14)11-16-15-5-3-4-6-17(15)24-19(16)22/h3-11H,2,12H2,1H3,(H,20,21). The minimum Gasteiger partial charge on any atom is -0.484 e. The molecule has 0 fully saturated rings. The average Bonchev–Trinajstić information content (AvgIpc) is 2.90. The molecule has 0 atom stereocenters. The first-order valence-electron chi connectivity index (χ1n) is 7.70. The van der Waals surface area contributed by atoms with E-state index in [1.54, 1.807) is 24.3 Å². The molecule has 2 aromatic carbocycles. The number of likely N-dealkylation sites (N-methyl/N-ethyl adjacent to an activating group) is 1. The minimum atomic E-state index is -0.354. The molecular formula is C19H17NO4. The van der Waals surface area contributed by atoms with E-state index in [0.717, 1.165) is 11.1 Å². The Kier molecular flexibility index (Phi) is 4.61. The fourth-order valence-electron chi connectivity index (χ4n) is 2.40. The molecule has 0 aliphatic carbocycles. The van der Waals surface area contributed by atoms with Crippen LogP contribution < -0.4 is 14.8 Å². The van der Waals surface area contributed by atoms with Gasteiger partial charge in [0.05, 0.1) is 5.57 Å². The number of ether oxygens (including phenoxy) is 2. The molecule has 122 valence electrons. The van der Waals surface area contributed by atoms with Crippen LogP contribution in [0.25, 0.3) is 11.6 Å². The first-order chi connectivity index (χ1) is 11.7. The zero-order chi connectivity index (χ0) is 16.9. The molecule has 0 aromatic heterocycles. The van der Waals surface area contributed by atoms with E-state index in [9.17, 15) is 9.59 Å². The Balaban J connectivity index is 1.72. The zero-order valence-corrected chi connectivity index (χ0v) is 13.2. The normalized spacial score (nSPS) is 14.2. The Morgan fingerprint density at radius 2 is 1.92 bits per heavy atom. The summed E-state index contributed by atoms with van der Waals surface area (Å²) >= 11 is 0. The Bertz CT molecular complexity index is 793. The van der Waals surface area contributed by atoms with Crippen LogP contribution in [0.5, 0.6) is 11.5 Å². The van der Waals surface area contributed by atoms with Gasteiger partial charge in [-0.25, -0.2) is 4.79 Å². The summed E-state index contributed by atoms with van der Waals surface area (Å²) in [6, 6.07) is 14.5. The van der Waals surface area contributed by atoms with Gasteiger partial charge in [-0.2, -0.15) is 0 Å². The number of esters is 1. The van der Waals surface area contributed by atoms with E-state index in [1.165, 1.54) is 0 Å². The highest BCUT2D eigenvalue weighted by molar-refractivity contribution is 6.25. The van der Waals surface area contributed by atoms with Gasteiger partial charge in [-0.1, -0.05) is 30.3 Å². The van der Waals surface area contributed by atoms with Crippen molar-refractivity contribution >= 4 is 23.5 Å². The van der Waals surface area contributed by atoms with Crippen LogP contribution in [0.2, 0.25) is 0 Å². The highest BCUT2D eigenvalue weighted by Crippen LogP contribution is 2.35. The second-order valence-corrected chi connectivity index (χ2v) is 5.25. The highest BCUT2D eigenvalue weighted by atomic mass is 16.5. The minimum absolute atomic E-state index is 0.0199. The maximum atomic E-state index is 12.0. The largest absolute Gasteiger partial charge is 0.484 e. The monoisotopic (exact) mass is 323 g/mol. The number of fused-ring (bicyclic) bond motifs is 1. The van der Waals surface area contributed by atoms with Crippen LogP contribution in [0.3, 0.4) is 0 Å². The molecule has 5 nitrogen and oxygen atoms in total. The molecule has 0 saturated carbocycles. The van der Waals surface area contributed by atoms with Crippen molar-refractivity contribution in [2.45, 2.75) is 6.92 Å². The molecule has 0 saturated heterocycles. The third kappa shape index (κ3) is 3.46. The van der Waals surface area contributed by atoms with Crippen LogP contribution in [-0.4, -0.2) is 25.0 Å². The van der Waals surface area contributed by atoms with E-state index in [-0.39, 0.29) is 18.5 Å². The number of benzene rings is 2. The molecule has 3 rings (SSSR count). The van der Waals surface area contributed by atoms with E-state index in [4.69, 9.17) is 9.47 Å². The third-order valence-electron chi connectivity index (χ3n) is 3.53. The van der Waals surface area contributed by atoms with Crippen LogP contribution in [0.1, 0.15) is 18.1 Å². The second kappa shape index (κ2) is 7.00. The average molecular weight is 323 g/mol. The molecule has 0 spiro atoms. The van der Waals surface area contributed by atoms with E-state index in [0.29, 0.717) is 23.6 Å². The van der Waals surface area contributed by atoms with Crippen molar-refractivity contribution in [2.75, 3.05) is 13.2 Å². The number of hydrogen-bond donors (Lipinski definition) is 1. The van der Waals surface area contributed by atoms with Gasteiger partial charge in [-0.3, -0.25) is 4.79 Å². The lowest BCUT2D eigenvalue weighted by molar-refractivity contribution is -0.127.